The number of morpholine rings is 1. The standard InChI is InChI=1S/C22H32N4O6S/c1-15-13-18-19(32-16(2)21(27)24-18)14-20(15)33(29,30)26-6-3-17(4-7-26)22(28)23-5-8-25-9-11-31-12-10-25/h13-14,16-17H,3-12H2,1-2H3,(H,23,28)(H,24,27)/t16-/m1/s1. The van der Waals surface area contributed by atoms with Gasteiger partial charge in [0.25, 0.3) is 5.91 Å². The number of piperidine rings is 1. The lowest BCUT2D eigenvalue weighted by Gasteiger charge is -2.32. The average Bonchev–Trinajstić information content (AvgIpc) is 2.80. The van der Waals surface area contributed by atoms with Crippen molar-refractivity contribution in [2.75, 3.05) is 57.8 Å². The molecule has 0 bridgehead atoms. The summed E-state index contributed by atoms with van der Waals surface area (Å²) in [4.78, 5) is 26.8. The van der Waals surface area contributed by atoms with Crippen molar-refractivity contribution in [1.29, 1.82) is 0 Å². The number of ether oxygens (including phenoxy) is 2. The number of amides is 2. The highest BCUT2D eigenvalue weighted by Gasteiger charge is 2.34. The second kappa shape index (κ2) is 9.96. The molecule has 1 aromatic rings. The lowest BCUT2D eigenvalue weighted by Crippen LogP contribution is -2.45. The van der Waals surface area contributed by atoms with Crippen LogP contribution in [-0.2, 0) is 24.3 Å². The second-order valence-corrected chi connectivity index (χ2v) is 10.7. The van der Waals surface area contributed by atoms with Gasteiger partial charge in [0.2, 0.25) is 15.9 Å². The van der Waals surface area contributed by atoms with Gasteiger partial charge < -0.3 is 20.1 Å². The molecule has 33 heavy (non-hydrogen) atoms. The highest BCUT2D eigenvalue weighted by atomic mass is 32.2. The van der Waals surface area contributed by atoms with Crippen LogP contribution in [0, 0.1) is 12.8 Å². The maximum absolute atomic E-state index is 13.3. The number of benzene rings is 1. The zero-order chi connectivity index (χ0) is 23.6. The highest BCUT2D eigenvalue weighted by Crippen LogP contribution is 2.36. The van der Waals surface area contributed by atoms with Gasteiger partial charge in [-0.3, -0.25) is 14.5 Å². The predicted molar refractivity (Wildman–Crippen MR) is 122 cm³/mol. The van der Waals surface area contributed by atoms with Crippen LogP contribution in [0.2, 0.25) is 0 Å². The van der Waals surface area contributed by atoms with Crippen LogP contribution < -0.4 is 15.4 Å². The van der Waals surface area contributed by atoms with E-state index < -0.39 is 16.1 Å². The predicted octanol–water partition coefficient (Wildman–Crippen LogP) is 0.564. The van der Waals surface area contributed by atoms with Gasteiger partial charge in [-0.1, -0.05) is 0 Å². The van der Waals surface area contributed by atoms with E-state index in [1.807, 2.05) is 0 Å². The zero-order valence-corrected chi connectivity index (χ0v) is 19.9. The third kappa shape index (κ3) is 5.32. The van der Waals surface area contributed by atoms with E-state index in [0.717, 1.165) is 32.8 Å². The summed E-state index contributed by atoms with van der Waals surface area (Å²) in [5, 5.41) is 5.73. The van der Waals surface area contributed by atoms with Crippen LogP contribution in [-0.4, -0.2) is 88.0 Å². The Balaban J connectivity index is 1.34. The van der Waals surface area contributed by atoms with Crippen molar-refractivity contribution in [3.8, 4) is 5.75 Å². The van der Waals surface area contributed by atoms with Crippen LogP contribution in [0.15, 0.2) is 17.0 Å². The molecular weight excluding hydrogens is 448 g/mol. The van der Waals surface area contributed by atoms with E-state index in [1.54, 1.807) is 19.9 Å². The van der Waals surface area contributed by atoms with Crippen LogP contribution >= 0.6 is 0 Å². The molecule has 0 aromatic heterocycles. The molecule has 11 heteroatoms. The minimum atomic E-state index is -3.75. The molecular formula is C22H32N4O6S. The smallest absolute Gasteiger partial charge is 0.265 e. The Bertz CT molecular complexity index is 1000. The summed E-state index contributed by atoms with van der Waals surface area (Å²) in [5.74, 6) is -0.114. The van der Waals surface area contributed by atoms with Gasteiger partial charge in [0, 0.05) is 51.3 Å². The molecule has 0 spiro atoms. The molecule has 3 aliphatic rings. The molecule has 2 amide bonds. The largest absolute Gasteiger partial charge is 0.479 e. The van der Waals surface area contributed by atoms with Crippen molar-refractivity contribution in [3.05, 3.63) is 17.7 Å². The highest BCUT2D eigenvalue weighted by molar-refractivity contribution is 7.89. The van der Waals surface area contributed by atoms with Crippen molar-refractivity contribution in [1.82, 2.24) is 14.5 Å². The Labute approximate surface area is 194 Å². The Kier molecular flexibility index (Phi) is 7.22. The second-order valence-electron chi connectivity index (χ2n) is 8.79. The molecule has 0 aliphatic carbocycles. The van der Waals surface area contributed by atoms with Crippen LogP contribution in [0.5, 0.6) is 5.75 Å². The molecule has 2 saturated heterocycles. The minimum absolute atomic E-state index is 0.0107. The lowest BCUT2D eigenvalue weighted by molar-refractivity contribution is -0.126. The third-order valence-electron chi connectivity index (χ3n) is 6.48. The summed E-state index contributed by atoms with van der Waals surface area (Å²) >= 11 is 0. The van der Waals surface area contributed by atoms with Gasteiger partial charge in [-0.15, -0.1) is 0 Å². The zero-order valence-electron chi connectivity index (χ0n) is 19.1. The maximum atomic E-state index is 13.3. The molecule has 0 saturated carbocycles. The number of fused-ring (bicyclic) bond motifs is 1. The van der Waals surface area contributed by atoms with Crippen molar-refractivity contribution < 1.29 is 27.5 Å². The Morgan fingerprint density at radius 3 is 2.58 bits per heavy atom. The fraction of sp³-hybridized carbons (Fsp3) is 0.636. The van der Waals surface area contributed by atoms with Gasteiger partial charge in [-0.25, -0.2) is 8.42 Å². The Morgan fingerprint density at radius 1 is 1.18 bits per heavy atom. The van der Waals surface area contributed by atoms with Crippen molar-refractivity contribution >= 4 is 27.5 Å². The van der Waals surface area contributed by atoms with E-state index in [9.17, 15) is 18.0 Å². The summed E-state index contributed by atoms with van der Waals surface area (Å²) in [6.07, 6.45) is 0.278. The number of hydrogen-bond donors (Lipinski definition) is 2. The number of anilines is 1. The van der Waals surface area contributed by atoms with E-state index in [0.29, 0.717) is 36.4 Å². The maximum Gasteiger partial charge on any atom is 0.265 e. The van der Waals surface area contributed by atoms with Crippen LogP contribution in [0.25, 0.3) is 0 Å². The van der Waals surface area contributed by atoms with Crippen LogP contribution in [0.3, 0.4) is 0 Å². The summed E-state index contributed by atoms with van der Waals surface area (Å²) < 4.78 is 39.0. The molecule has 2 fully saturated rings. The normalized spacial score (nSPS) is 22.8. The summed E-state index contributed by atoms with van der Waals surface area (Å²) in [6.45, 7) is 8.48. The topological polar surface area (TPSA) is 117 Å². The summed E-state index contributed by atoms with van der Waals surface area (Å²) in [6, 6.07) is 3.11. The van der Waals surface area contributed by atoms with Gasteiger partial charge in [-0.2, -0.15) is 4.31 Å². The first kappa shape index (κ1) is 23.9. The molecule has 10 nitrogen and oxygen atoms in total. The van der Waals surface area contributed by atoms with Gasteiger partial charge in [0.05, 0.1) is 23.8 Å². The SMILES string of the molecule is Cc1cc2c(cc1S(=O)(=O)N1CCC(C(=O)NCCN3CCOCC3)CC1)O[C@H](C)C(=O)N2. The number of nitrogens with one attached hydrogen (secondary N) is 2. The first-order chi connectivity index (χ1) is 15.8. The lowest BCUT2D eigenvalue weighted by atomic mass is 9.97. The van der Waals surface area contributed by atoms with E-state index in [-0.39, 0.29) is 35.7 Å². The van der Waals surface area contributed by atoms with Gasteiger partial charge in [-0.05, 0) is 38.3 Å². The molecule has 1 atom stereocenters. The molecule has 3 heterocycles. The first-order valence-corrected chi connectivity index (χ1v) is 12.9. The molecule has 3 aliphatic heterocycles. The number of sulfonamides is 1. The number of nitrogens with zero attached hydrogens (tertiary/aromatic N) is 2. The molecule has 4 rings (SSSR count). The van der Waals surface area contributed by atoms with E-state index in [4.69, 9.17) is 9.47 Å². The molecule has 0 unspecified atom stereocenters. The van der Waals surface area contributed by atoms with E-state index in [2.05, 4.69) is 15.5 Å². The van der Waals surface area contributed by atoms with Crippen molar-refractivity contribution in [2.24, 2.45) is 5.92 Å². The van der Waals surface area contributed by atoms with Gasteiger partial charge >= 0.3 is 0 Å². The van der Waals surface area contributed by atoms with Crippen LogP contribution in [0.4, 0.5) is 5.69 Å². The molecule has 2 N–H and O–H groups in total. The molecule has 0 radical (unpaired) electrons. The summed E-state index contributed by atoms with van der Waals surface area (Å²) in [7, 11) is -3.75. The van der Waals surface area contributed by atoms with Gasteiger partial charge in [0.15, 0.2) is 6.10 Å². The number of rotatable bonds is 6. The average molecular weight is 481 g/mol. The third-order valence-corrected chi connectivity index (χ3v) is 8.52. The Morgan fingerprint density at radius 2 is 1.88 bits per heavy atom. The van der Waals surface area contributed by atoms with E-state index >= 15 is 0 Å². The van der Waals surface area contributed by atoms with E-state index in [1.165, 1.54) is 10.4 Å². The quantitative estimate of drug-likeness (QED) is 0.611. The van der Waals surface area contributed by atoms with Gasteiger partial charge in [0.1, 0.15) is 5.75 Å². The van der Waals surface area contributed by atoms with Crippen molar-refractivity contribution in [3.63, 3.8) is 0 Å². The molecule has 182 valence electrons. The van der Waals surface area contributed by atoms with Crippen molar-refractivity contribution in [2.45, 2.75) is 37.7 Å². The number of hydrogen-bond acceptors (Lipinski definition) is 7. The fourth-order valence-electron chi connectivity index (χ4n) is 4.42. The summed E-state index contributed by atoms with van der Waals surface area (Å²) in [5.41, 5.74) is 1.01. The Hall–Kier alpha value is -2.21. The minimum Gasteiger partial charge on any atom is -0.479 e. The van der Waals surface area contributed by atoms with Crippen LogP contribution in [0.1, 0.15) is 25.3 Å². The number of aryl methyl sites for hydroxylation is 1. The first-order valence-electron chi connectivity index (χ1n) is 11.5. The number of carbonyl (C=O) groups is 2. The number of carbonyl (C=O) groups excluding carboxylic acids is 2. The monoisotopic (exact) mass is 480 g/mol. The molecule has 1 aromatic carbocycles. The fourth-order valence-corrected chi connectivity index (χ4v) is 6.12.